The summed E-state index contributed by atoms with van der Waals surface area (Å²) in [5.74, 6) is 0.248. The highest BCUT2D eigenvalue weighted by Crippen LogP contribution is 2.50. The first-order chi connectivity index (χ1) is 24.3. The van der Waals surface area contributed by atoms with Crippen LogP contribution in [0, 0.1) is 0 Å². The largest absolute Gasteiger partial charge is 0.394 e. The first-order valence-electron chi connectivity index (χ1n) is 18.6. The first-order valence-corrected chi connectivity index (χ1v) is 20.3. The van der Waals surface area contributed by atoms with Crippen LogP contribution in [0.4, 0.5) is 5.82 Å². The van der Waals surface area contributed by atoms with E-state index < -0.39 is 51.3 Å². The van der Waals surface area contributed by atoms with Crippen molar-refractivity contribution in [1.29, 1.82) is 0 Å². The van der Waals surface area contributed by atoms with Crippen LogP contribution >= 0.6 is 7.60 Å². The molecule has 0 aromatic carbocycles. The van der Waals surface area contributed by atoms with Gasteiger partial charge in [-0.15, -0.1) is 0 Å². The topological polar surface area (TPSA) is 214 Å². The number of ether oxygens (including phenoxy) is 3. The SMILES string of the molecule is CCCCCCCCCCCCCCCCCCOCCOP(=O)(COCCn1cnc2c(N)ncnc21)OC1O[C@H](CO)[C@H](O)[C@H](O)[C@H]1O. The number of rotatable bonds is 29. The highest BCUT2D eigenvalue weighted by molar-refractivity contribution is 7.53. The zero-order chi connectivity index (χ0) is 36.0. The molecule has 6 atom stereocenters. The summed E-state index contributed by atoms with van der Waals surface area (Å²) in [6.45, 7) is 2.57. The number of hydrogen-bond donors (Lipinski definition) is 5. The van der Waals surface area contributed by atoms with Crippen LogP contribution in [-0.2, 0) is 34.4 Å². The Morgan fingerprint density at radius 3 is 2.02 bits per heavy atom. The molecule has 0 radical (unpaired) electrons. The maximum atomic E-state index is 13.7. The minimum Gasteiger partial charge on any atom is -0.394 e. The van der Waals surface area contributed by atoms with E-state index in [9.17, 15) is 25.0 Å². The Labute approximate surface area is 296 Å². The van der Waals surface area contributed by atoms with E-state index in [1.165, 1.54) is 103 Å². The first kappa shape index (κ1) is 42.6. The van der Waals surface area contributed by atoms with Gasteiger partial charge in [0, 0.05) is 13.2 Å². The molecule has 0 bridgehead atoms. The lowest BCUT2D eigenvalue weighted by Gasteiger charge is -2.40. The molecule has 2 aromatic heterocycles. The lowest BCUT2D eigenvalue weighted by Crippen LogP contribution is -2.59. The maximum Gasteiger partial charge on any atom is 0.358 e. The van der Waals surface area contributed by atoms with Crippen molar-refractivity contribution in [3.8, 4) is 0 Å². The number of unbranched alkanes of at least 4 members (excludes halogenated alkanes) is 15. The molecule has 50 heavy (non-hydrogen) atoms. The number of fused-ring (bicyclic) bond motifs is 1. The molecule has 0 amide bonds. The summed E-state index contributed by atoms with van der Waals surface area (Å²) >= 11 is 0. The molecule has 15 nitrogen and oxygen atoms in total. The molecule has 1 aliphatic rings. The van der Waals surface area contributed by atoms with Crippen LogP contribution in [0.3, 0.4) is 0 Å². The summed E-state index contributed by atoms with van der Waals surface area (Å²) in [7, 11) is -4.10. The van der Waals surface area contributed by atoms with Gasteiger partial charge in [0.15, 0.2) is 17.8 Å². The van der Waals surface area contributed by atoms with E-state index in [1.54, 1.807) is 4.57 Å². The number of aliphatic hydroxyl groups excluding tert-OH is 4. The van der Waals surface area contributed by atoms with Crippen molar-refractivity contribution < 1.29 is 48.2 Å². The number of nitrogens with two attached hydrogens (primary N) is 1. The molecule has 0 aliphatic carbocycles. The minimum atomic E-state index is -4.10. The zero-order valence-corrected chi connectivity index (χ0v) is 30.8. The predicted molar refractivity (Wildman–Crippen MR) is 189 cm³/mol. The zero-order valence-electron chi connectivity index (χ0n) is 29.9. The van der Waals surface area contributed by atoms with E-state index in [2.05, 4.69) is 21.9 Å². The third-order valence-corrected chi connectivity index (χ3v) is 10.5. The van der Waals surface area contributed by atoms with Gasteiger partial charge in [-0.3, -0.25) is 9.09 Å². The molecule has 1 saturated heterocycles. The molecule has 3 rings (SSSR count). The van der Waals surface area contributed by atoms with Crippen molar-refractivity contribution in [2.45, 2.75) is 147 Å². The lowest BCUT2D eigenvalue weighted by atomic mass is 10.00. The maximum absolute atomic E-state index is 13.7. The van der Waals surface area contributed by atoms with Crippen LogP contribution in [0.15, 0.2) is 12.7 Å². The number of imidazole rings is 1. The second-order valence-electron chi connectivity index (χ2n) is 13.1. The van der Waals surface area contributed by atoms with E-state index in [4.69, 9.17) is 29.0 Å². The smallest absolute Gasteiger partial charge is 0.358 e. The Kier molecular flexibility index (Phi) is 20.9. The van der Waals surface area contributed by atoms with Gasteiger partial charge < -0.3 is 49.5 Å². The standard InChI is InChI=1S/C34H62N5O10P/c1-2-3-4-5-6-7-8-9-10-11-12-13-14-15-16-17-19-45-21-22-47-50(44,49-34-31(43)30(42)29(41)27(23-40)48-34)26-46-20-18-39-25-38-28-32(35)36-24-37-33(28)39/h24-25,27,29-31,34,40-43H,2-23,26H2,1H3,(H2,35,36,37)/t27-,29+,30+,31-,34?,50?/m1/s1. The van der Waals surface area contributed by atoms with E-state index >= 15 is 0 Å². The van der Waals surface area contributed by atoms with Crippen molar-refractivity contribution in [2.24, 2.45) is 0 Å². The van der Waals surface area contributed by atoms with Gasteiger partial charge in [0.2, 0.25) is 0 Å². The van der Waals surface area contributed by atoms with Crippen molar-refractivity contribution in [2.75, 3.05) is 45.1 Å². The molecule has 6 N–H and O–H groups in total. The number of anilines is 1. The number of nitrogen functional groups attached to an aromatic ring is 1. The lowest BCUT2D eigenvalue weighted by molar-refractivity contribution is -0.279. The second-order valence-corrected chi connectivity index (χ2v) is 15.0. The molecule has 1 aliphatic heterocycles. The van der Waals surface area contributed by atoms with Crippen molar-refractivity contribution in [3.05, 3.63) is 12.7 Å². The molecule has 0 saturated carbocycles. The highest BCUT2D eigenvalue weighted by Gasteiger charge is 2.47. The van der Waals surface area contributed by atoms with Gasteiger partial charge in [0.1, 0.15) is 42.6 Å². The molecular formula is C34H62N5O10P. The monoisotopic (exact) mass is 731 g/mol. The van der Waals surface area contributed by atoms with Gasteiger partial charge >= 0.3 is 7.60 Å². The summed E-state index contributed by atoms with van der Waals surface area (Å²) in [5, 5.41) is 40.2. The third kappa shape index (κ3) is 15.1. The number of hydrogen-bond acceptors (Lipinski definition) is 14. The average molecular weight is 732 g/mol. The second kappa shape index (κ2) is 24.5. The Bertz CT molecular complexity index is 1220. The van der Waals surface area contributed by atoms with Crippen molar-refractivity contribution >= 4 is 24.6 Å². The molecule has 1 fully saturated rings. The van der Waals surface area contributed by atoms with Crippen LogP contribution in [0.1, 0.15) is 110 Å². The number of aliphatic hydroxyl groups is 4. The predicted octanol–water partition coefficient (Wildman–Crippen LogP) is 4.69. The van der Waals surface area contributed by atoms with Gasteiger partial charge in [0.05, 0.1) is 32.8 Å². The summed E-state index contributed by atoms with van der Waals surface area (Å²) in [6, 6.07) is 0. The average Bonchev–Trinajstić information content (AvgIpc) is 3.53. The van der Waals surface area contributed by atoms with Gasteiger partial charge in [-0.25, -0.2) is 15.0 Å². The van der Waals surface area contributed by atoms with Crippen molar-refractivity contribution in [1.82, 2.24) is 19.5 Å². The molecule has 0 spiro atoms. The van der Waals surface area contributed by atoms with E-state index in [0.717, 1.165) is 12.8 Å². The molecule has 288 valence electrons. The Hall–Kier alpha value is -1.78. The van der Waals surface area contributed by atoms with Crippen LogP contribution in [-0.4, -0.2) is 110 Å². The van der Waals surface area contributed by atoms with Crippen molar-refractivity contribution in [3.63, 3.8) is 0 Å². The van der Waals surface area contributed by atoms with Crippen LogP contribution in [0.2, 0.25) is 0 Å². The van der Waals surface area contributed by atoms with E-state index in [0.29, 0.717) is 17.8 Å². The fourth-order valence-corrected chi connectivity index (χ4v) is 7.29. The van der Waals surface area contributed by atoms with Gasteiger partial charge in [0.25, 0.3) is 0 Å². The third-order valence-electron chi connectivity index (χ3n) is 8.93. The van der Waals surface area contributed by atoms with E-state index in [-0.39, 0.29) is 32.2 Å². The van der Waals surface area contributed by atoms with Crippen LogP contribution in [0.5, 0.6) is 0 Å². The highest BCUT2D eigenvalue weighted by atomic mass is 31.2. The number of nitrogens with zero attached hydrogens (tertiary/aromatic N) is 4. The molecule has 2 aromatic rings. The Morgan fingerprint density at radius 1 is 0.780 bits per heavy atom. The minimum absolute atomic E-state index is 0.0660. The summed E-state index contributed by atoms with van der Waals surface area (Å²) in [6.07, 6.45) is 15.1. The van der Waals surface area contributed by atoms with Gasteiger partial charge in [-0.05, 0) is 6.42 Å². The van der Waals surface area contributed by atoms with E-state index in [1.807, 2.05) is 0 Å². The summed E-state index contributed by atoms with van der Waals surface area (Å²) in [4.78, 5) is 12.3. The quantitative estimate of drug-likeness (QED) is 0.0568. The molecule has 2 unspecified atom stereocenters. The molecule has 3 heterocycles. The normalized spacial score (nSPS) is 22.3. The van der Waals surface area contributed by atoms with Gasteiger partial charge in [-0.2, -0.15) is 0 Å². The Morgan fingerprint density at radius 2 is 1.40 bits per heavy atom. The fraction of sp³-hybridized carbons (Fsp3) is 0.853. The molecule has 16 heteroatoms. The summed E-state index contributed by atoms with van der Waals surface area (Å²) in [5.41, 5.74) is 6.81. The Balaban J connectivity index is 1.31. The van der Waals surface area contributed by atoms with Gasteiger partial charge in [-0.1, -0.05) is 103 Å². The summed E-state index contributed by atoms with van der Waals surface area (Å²) < 4.78 is 43.3. The fourth-order valence-electron chi connectivity index (χ4n) is 5.90. The van der Waals surface area contributed by atoms with Crippen LogP contribution in [0.25, 0.3) is 11.2 Å². The van der Waals surface area contributed by atoms with Crippen LogP contribution < -0.4 is 5.73 Å². The number of aromatic nitrogens is 4. The molecular weight excluding hydrogens is 669 g/mol.